The van der Waals surface area contributed by atoms with Gasteiger partial charge in [-0.3, -0.25) is 4.79 Å². The van der Waals surface area contributed by atoms with Crippen LogP contribution < -0.4 is 0 Å². The van der Waals surface area contributed by atoms with Crippen molar-refractivity contribution in [1.82, 2.24) is 4.90 Å². The summed E-state index contributed by atoms with van der Waals surface area (Å²) >= 11 is 0. The molecule has 0 unspecified atom stereocenters. The molecule has 0 spiro atoms. The Morgan fingerprint density at radius 1 is 1.75 bits per heavy atom. The second-order valence-corrected chi connectivity index (χ2v) is 3.30. The van der Waals surface area contributed by atoms with Gasteiger partial charge in [0.25, 0.3) is 5.91 Å². The number of hydrogen-bond donors (Lipinski definition) is 2. The van der Waals surface area contributed by atoms with Crippen molar-refractivity contribution in [2.75, 3.05) is 19.7 Å². The van der Waals surface area contributed by atoms with E-state index < -0.39 is 6.10 Å². The van der Waals surface area contributed by atoms with E-state index in [0.29, 0.717) is 13.1 Å². The van der Waals surface area contributed by atoms with Crippen molar-refractivity contribution in [3.05, 3.63) is 0 Å². The van der Waals surface area contributed by atoms with Crippen molar-refractivity contribution in [3.8, 4) is 0 Å². The van der Waals surface area contributed by atoms with Gasteiger partial charge < -0.3 is 15.1 Å². The van der Waals surface area contributed by atoms with E-state index in [1.54, 1.807) is 4.90 Å². The van der Waals surface area contributed by atoms with Crippen molar-refractivity contribution in [2.24, 2.45) is 5.92 Å². The number of aliphatic hydroxyl groups excluding tert-OH is 2. The van der Waals surface area contributed by atoms with E-state index in [0.717, 1.165) is 6.42 Å². The van der Waals surface area contributed by atoms with Crippen LogP contribution in [-0.4, -0.2) is 46.8 Å². The molecule has 4 heteroatoms. The number of carbonyl (C=O) groups is 1. The Bertz CT molecular complexity index is 170. The third kappa shape index (κ3) is 1.95. The fourth-order valence-corrected chi connectivity index (χ4v) is 1.45. The number of nitrogens with zero attached hydrogens (tertiary/aromatic N) is 1. The first-order chi connectivity index (χ1) is 5.65. The zero-order chi connectivity index (χ0) is 9.14. The van der Waals surface area contributed by atoms with Crippen LogP contribution in [0.5, 0.6) is 0 Å². The number of amides is 1. The molecule has 4 nitrogen and oxygen atoms in total. The quantitative estimate of drug-likeness (QED) is 0.575. The van der Waals surface area contributed by atoms with Crippen molar-refractivity contribution in [1.29, 1.82) is 0 Å². The summed E-state index contributed by atoms with van der Waals surface area (Å²) in [6.45, 7) is 2.84. The molecule has 0 radical (unpaired) electrons. The molecule has 0 saturated carbocycles. The number of rotatable bonds is 2. The Kier molecular flexibility index (Phi) is 3.05. The van der Waals surface area contributed by atoms with Crippen LogP contribution in [0.2, 0.25) is 0 Å². The molecule has 1 aliphatic rings. The molecule has 12 heavy (non-hydrogen) atoms. The summed E-state index contributed by atoms with van der Waals surface area (Å²) in [5, 5.41) is 17.8. The van der Waals surface area contributed by atoms with Gasteiger partial charge in [0.15, 0.2) is 0 Å². The maximum Gasteiger partial charge on any atom is 0.251 e. The van der Waals surface area contributed by atoms with Crippen LogP contribution >= 0.6 is 0 Å². The summed E-state index contributed by atoms with van der Waals surface area (Å²) < 4.78 is 0. The molecule has 1 aliphatic heterocycles. The zero-order valence-corrected chi connectivity index (χ0v) is 7.23. The fourth-order valence-electron chi connectivity index (χ4n) is 1.45. The van der Waals surface area contributed by atoms with E-state index >= 15 is 0 Å². The summed E-state index contributed by atoms with van der Waals surface area (Å²) in [5.74, 6) is -0.0290. The second-order valence-electron chi connectivity index (χ2n) is 3.30. The second kappa shape index (κ2) is 3.87. The molecule has 0 aromatic carbocycles. The van der Waals surface area contributed by atoms with Gasteiger partial charge in [-0.1, -0.05) is 0 Å². The van der Waals surface area contributed by atoms with E-state index in [9.17, 15) is 4.79 Å². The summed E-state index contributed by atoms with van der Waals surface area (Å²) in [5.41, 5.74) is 0. The summed E-state index contributed by atoms with van der Waals surface area (Å²) in [6, 6.07) is 0. The van der Waals surface area contributed by atoms with Crippen molar-refractivity contribution in [2.45, 2.75) is 19.4 Å². The van der Waals surface area contributed by atoms with Gasteiger partial charge >= 0.3 is 0 Å². The average Bonchev–Trinajstić information content (AvgIpc) is 2.50. The molecule has 70 valence electrons. The van der Waals surface area contributed by atoms with Crippen LogP contribution in [0.4, 0.5) is 0 Å². The van der Waals surface area contributed by atoms with Crippen molar-refractivity contribution >= 4 is 5.91 Å². The topological polar surface area (TPSA) is 60.8 Å². The smallest absolute Gasteiger partial charge is 0.251 e. The molecule has 1 amide bonds. The molecule has 1 saturated heterocycles. The van der Waals surface area contributed by atoms with E-state index in [1.165, 1.54) is 6.92 Å². The lowest BCUT2D eigenvalue weighted by molar-refractivity contribution is -0.138. The third-order valence-corrected chi connectivity index (χ3v) is 2.21. The Balaban J connectivity index is 2.41. The maximum absolute atomic E-state index is 11.2. The Morgan fingerprint density at radius 2 is 2.42 bits per heavy atom. The summed E-state index contributed by atoms with van der Waals surface area (Å²) in [4.78, 5) is 12.8. The SMILES string of the molecule is C[C@H](O)C(=O)N1CC[C@@H](CO)C1. The minimum absolute atomic E-state index is 0.129. The molecular formula is C8H15NO3. The van der Waals surface area contributed by atoms with Crippen LogP contribution in [0.15, 0.2) is 0 Å². The first kappa shape index (κ1) is 9.48. The minimum atomic E-state index is -0.914. The summed E-state index contributed by atoms with van der Waals surface area (Å²) in [7, 11) is 0. The zero-order valence-electron chi connectivity index (χ0n) is 7.23. The molecule has 0 aromatic heterocycles. The Morgan fingerprint density at radius 3 is 2.83 bits per heavy atom. The lowest BCUT2D eigenvalue weighted by Crippen LogP contribution is -2.36. The van der Waals surface area contributed by atoms with Crippen LogP contribution in [0.3, 0.4) is 0 Å². The number of carbonyl (C=O) groups excluding carboxylic acids is 1. The molecule has 1 rings (SSSR count). The van der Waals surface area contributed by atoms with E-state index in [1.807, 2.05) is 0 Å². The Labute approximate surface area is 71.8 Å². The number of hydrogen-bond acceptors (Lipinski definition) is 3. The monoisotopic (exact) mass is 173 g/mol. The minimum Gasteiger partial charge on any atom is -0.396 e. The number of likely N-dealkylation sites (tertiary alicyclic amines) is 1. The van der Waals surface area contributed by atoms with Gasteiger partial charge in [-0.05, 0) is 13.3 Å². The van der Waals surface area contributed by atoms with Gasteiger partial charge in [0.1, 0.15) is 6.10 Å². The molecular weight excluding hydrogens is 158 g/mol. The lowest BCUT2D eigenvalue weighted by Gasteiger charge is -2.17. The lowest BCUT2D eigenvalue weighted by atomic mass is 10.1. The van der Waals surface area contributed by atoms with E-state index in [4.69, 9.17) is 10.2 Å². The largest absolute Gasteiger partial charge is 0.396 e. The fraction of sp³-hybridized carbons (Fsp3) is 0.875. The standard InChI is InChI=1S/C8H15NO3/c1-6(11)8(12)9-3-2-7(4-9)5-10/h6-7,10-11H,2-5H2,1H3/t6-,7+/m0/s1. The Hall–Kier alpha value is -0.610. The molecule has 0 bridgehead atoms. The van der Waals surface area contributed by atoms with Gasteiger partial charge in [0.2, 0.25) is 0 Å². The van der Waals surface area contributed by atoms with Crippen LogP contribution in [0, 0.1) is 5.92 Å². The predicted molar refractivity (Wildman–Crippen MR) is 43.5 cm³/mol. The van der Waals surface area contributed by atoms with Crippen molar-refractivity contribution < 1.29 is 15.0 Å². The summed E-state index contributed by atoms with van der Waals surface area (Å²) in [6.07, 6.45) is -0.0722. The molecule has 1 fully saturated rings. The first-order valence-electron chi connectivity index (χ1n) is 4.23. The molecule has 0 aromatic rings. The van der Waals surface area contributed by atoms with Gasteiger partial charge in [-0.2, -0.15) is 0 Å². The molecule has 2 N–H and O–H groups in total. The highest BCUT2D eigenvalue weighted by atomic mass is 16.3. The van der Waals surface area contributed by atoms with Gasteiger partial charge in [0, 0.05) is 25.6 Å². The van der Waals surface area contributed by atoms with E-state index in [2.05, 4.69) is 0 Å². The van der Waals surface area contributed by atoms with E-state index in [-0.39, 0.29) is 18.4 Å². The predicted octanol–water partition coefficient (Wildman–Crippen LogP) is -0.792. The number of aliphatic hydroxyl groups is 2. The molecule has 2 atom stereocenters. The van der Waals surface area contributed by atoms with Crippen LogP contribution in [0.1, 0.15) is 13.3 Å². The normalized spacial score (nSPS) is 25.9. The maximum atomic E-state index is 11.2. The average molecular weight is 173 g/mol. The van der Waals surface area contributed by atoms with Crippen molar-refractivity contribution in [3.63, 3.8) is 0 Å². The third-order valence-electron chi connectivity index (χ3n) is 2.21. The molecule has 1 heterocycles. The van der Waals surface area contributed by atoms with Crippen LogP contribution in [-0.2, 0) is 4.79 Å². The highest BCUT2D eigenvalue weighted by Crippen LogP contribution is 2.15. The highest BCUT2D eigenvalue weighted by molar-refractivity contribution is 5.80. The van der Waals surface area contributed by atoms with Gasteiger partial charge in [-0.25, -0.2) is 0 Å². The van der Waals surface area contributed by atoms with Gasteiger partial charge in [-0.15, -0.1) is 0 Å². The molecule has 0 aliphatic carbocycles. The highest BCUT2D eigenvalue weighted by Gasteiger charge is 2.27. The first-order valence-corrected chi connectivity index (χ1v) is 4.23. The van der Waals surface area contributed by atoms with Gasteiger partial charge in [0.05, 0.1) is 0 Å². The van der Waals surface area contributed by atoms with Crippen LogP contribution in [0.25, 0.3) is 0 Å².